The van der Waals surface area contributed by atoms with Gasteiger partial charge in [-0.2, -0.15) is 0 Å². The van der Waals surface area contributed by atoms with Crippen molar-refractivity contribution in [3.05, 3.63) is 103 Å². The molecule has 0 unspecified atom stereocenters. The molecule has 0 atom stereocenters. The quantitative estimate of drug-likeness (QED) is 0.301. The van der Waals surface area contributed by atoms with Gasteiger partial charge in [-0.15, -0.1) is 0 Å². The topological polar surface area (TPSA) is 30.2 Å². The maximum Gasteiger partial charge on any atom is 0.0725 e. The Morgan fingerprint density at radius 1 is 0.594 bits per heavy atom. The van der Waals surface area contributed by atoms with Crippen LogP contribution in [-0.2, 0) is 0 Å². The van der Waals surface area contributed by atoms with E-state index >= 15 is 0 Å². The van der Waals surface area contributed by atoms with E-state index in [0.717, 1.165) is 11.0 Å². The molecule has 0 amide bonds. The van der Waals surface area contributed by atoms with E-state index in [-0.39, 0.29) is 0 Å². The molecule has 0 fully saturated rings. The number of rotatable bonds is 2. The predicted octanol–water partition coefficient (Wildman–Crippen LogP) is 7.27. The molecule has 0 radical (unpaired) electrons. The van der Waals surface area contributed by atoms with Crippen molar-refractivity contribution in [3.8, 4) is 22.3 Å². The van der Waals surface area contributed by atoms with Gasteiger partial charge in [0.2, 0.25) is 0 Å². The Bertz CT molecular complexity index is 1640. The van der Waals surface area contributed by atoms with Crippen molar-refractivity contribution in [2.24, 2.45) is 0 Å². The summed E-state index contributed by atoms with van der Waals surface area (Å²) in [4.78, 5) is 8.95. The Hall–Kier alpha value is -4.24. The van der Waals surface area contributed by atoms with Crippen LogP contribution >= 0.6 is 0 Å². The predicted molar refractivity (Wildman–Crippen MR) is 132 cm³/mol. The Kier molecular flexibility index (Phi) is 3.48. The highest BCUT2D eigenvalue weighted by atomic mass is 14.9. The zero-order valence-corrected chi connectivity index (χ0v) is 17.6. The molecule has 0 spiro atoms. The average Bonchev–Trinajstić information content (AvgIpc) is 3.36. The Morgan fingerprint density at radius 2 is 1.06 bits per heavy atom. The Morgan fingerprint density at radius 3 is 1.53 bits per heavy atom. The van der Waals surface area contributed by atoms with Crippen molar-refractivity contribution in [3.63, 3.8) is 0 Å². The van der Waals surface area contributed by atoms with Gasteiger partial charge in [-0.3, -0.25) is 9.97 Å². The zero-order chi connectivity index (χ0) is 21.2. The van der Waals surface area contributed by atoms with Gasteiger partial charge in [-0.05, 0) is 46.9 Å². The number of benzene rings is 3. The number of hydrogen-bond donors (Lipinski definition) is 0. The summed E-state index contributed by atoms with van der Waals surface area (Å²) in [5.41, 5.74) is 9.84. The molecule has 0 aliphatic rings. The van der Waals surface area contributed by atoms with E-state index in [1.807, 2.05) is 24.8 Å². The van der Waals surface area contributed by atoms with E-state index < -0.39 is 0 Å². The van der Waals surface area contributed by atoms with Crippen molar-refractivity contribution in [1.82, 2.24) is 14.4 Å². The van der Waals surface area contributed by atoms with Crippen molar-refractivity contribution in [1.29, 1.82) is 0 Å². The van der Waals surface area contributed by atoms with E-state index in [1.54, 1.807) is 0 Å². The van der Waals surface area contributed by atoms with Crippen LogP contribution in [0.2, 0.25) is 0 Å². The van der Waals surface area contributed by atoms with Gasteiger partial charge in [-0.25, -0.2) is 0 Å². The summed E-state index contributed by atoms with van der Waals surface area (Å²) < 4.78 is 2.35. The van der Waals surface area contributed by atoms with Gasteiger partial charge in [0.05, 0.1) is 28.9 Å². The molecule has 0 saturated carbocycles. The lowest BCUT2D eigenvalue weighted by Gasteiger charge is -2.16. The molecule has 7 aromatic rings. The highest BCUT2D eigenvalue weighted by Gasteiger charge is 2.26. The first-order valence-electron chi connectivity index (χ1n) is 10.8. The first kappa shape index (κ1) is 17.4. The largest absolute Gasteiger partial charge is 0.305 e. The van der Waals surface area contributed by atoms with Crippen LogP contribution in [0.5, 0.6) is 0 Å². The highest BCUT2D eigenvalue weighted by molar-refractivity contribution is 6.31. The fraction of sp³-hybridized carbons (Fsp3) is 0.0345. The van der Waals surface area contributed by atoms with E-state index in [9.17, 15) is 0 Å². The summed E-state index contributed by atoms with van der Waals surface area (Å²) in [5, 5.41) is 5.04. The molecule has 0 saturated heterocycles. The number of aromatic nitrogens is 3. The monoisotopic (exact) mass is 409 g/mol. The maximum atomic E-state index is 4.48. The van der Waals surface area contributed by atoms with Crippen molar-refractivity contribution in [2.75, 3.05) is 0 Å². The van der Waals surface area contributed by atoms with Crippen molar-refractivity contribution in [2.45, 2.75) is 6.92 Å². The Labute approximate surface area is 184 Å². The van der Waals surface area contributed by atoms with Crippen LogP contribution in [0.3, 0.4) is 0 Å². The fourth-order valence-electron chi connectivity index (χ4n) is 5.46. The molecule has 0 aliphatic heterocycles. The van der Waals surface area contributed by atoms with Crippen LogP contribution in [0.25, 0.3) is 60.3 Å². The molecular weight excluding hydrogens is 390 g/mol. The summed E-state index contributed by atoms with van der Waals surface area (Å²) in [6.07, 6.45) is 7.75. The number of hydrogen-bond acceptors (Lipinski definition) is 2. The second-order valence-electron chi connectivity index (χ2n) is 8.33. The van der Waals surface area contributed by atoms with Crippen molar-refractivity contribution >= 4 is 38.1 Å². The molecule has 0 aliphatic carbocycles. The van der Waals surface area contributed by atoms with Crippen LogP contribution in [0.1, 0.15) is 5.56 Å². The van der Waals surface area contributed by atoms with Crippen LogP contribution in [0, 0.1) is 6.92 Å². The van der Waals surface area contributed by atoms with Crippen molar-refractivity contribution < 1.29 is 0 Å². The fourth-order valence-corrected chi connectivity index (χ4v) is 5.46. The third kappa shape index (κ3) is 2.15. The van der Waals surface area contributed by atoms with E-state index in [4.69, 9.17) is 0 Å². The minimum Gasteiger partial charge on any atom is -0.305 e. The minimum atomic E-state index is 1.12. The SMILES string of the molecule is Cc1c(-c2ccccc2)c2c3ccncc3n3c4cnccc4c(c1-c1ccccc1)c23. The molecule has 3 heteroatoms. The Balaban J connectivity index is 1.86. The van der Waals surface area contributed by atoms with Gasteiger partial charge in [0, 0.05) is 33.9 Å². The van der Waals surface area contributed by atoms with Gasteiger partial charge in [0.25, 0.3) is 0 Å². The highest BCUT2D eigenvalue weighted by Crippen LogP contribution is 2.49. The number of pyridine rings is 2. The second kappa shape index (κ2) is 6.38. The molecule has 150 valence electrons. The molecule has 3 nitrogen and oxygen atoms in total. The molecule has 32 heavy (non-hydrogen) atoms. The smallest absolute Gasteiger partial charge is 0.0725 e. The lowest BCUT2D eigenvalue weighted by atomic mass is 9.86. The standard InChI is InChI=1S/C29H19N3/c1-18-25(19-8-4-2-5-9-19)27-21-12-14-30-16-23(21)32-24-17-31-15-13-22(24)28(29(27)32)26(18)20-10-6-3-7-11-20/h2-17H,1H3. The first-order valence-corrected chi connectivity index (χ1v) is 10.8. The molecule has 3 aromatic carbocycles. The second-order valence-corrected chi connectivity index (χ2v) is 8.33. The van der Waals surface area contributed by atoms with Gasteiger partial charge >= 0.3 is 0 Å². The molecular formula is C29H19N3. The lowest BCUT2D eigenvalue weighted by Crippen LogP contribution is -1.92. The summed E-state index contributed by atoms with van der Waals surface area (Å²) in [7, 11) is 0. The summed E-state index contributed by atoms with van der Waals surface area (Å²) in [6.45, 7) is 2.27. The zero-order valence-electron chi connectivity index (χ0n) is 17.6. The summed E-state index contributed by atoms with van der Waals surface area (Å²) in [5.74, 6) is 0. The number of nitrogens with zero attached hydrogens (tertiary/aromatic N) is 3. The normalized spacial score (nSPS) is 11.9. The minimum absolute atomic E-state index is 1.12. The number of fused-ring (bicyclic) bond motifs is 6. The van der Waals surface area contributed by atoms with Gasteiger partial charge < -0.3 is 4.40 Å². The molecule has 4 aromatic heterocycles. The van der Waals surface area contributed by atoms with Gasteiger partial charge in [-0.1, -0.05) is 60.7 Å². The van der Waals surface area contributed by atoms with Gasteiger partial charge in [0.15, 0.2) is 0 Å². The summed E-state index contributed by atoms with van der Waals surface area (Å²) >= 11 is 0. The maximum absolute atomic E-state index is 4.48. The third-order valence-electron chi connectivity index (χ3n) is 6.69. The molecule has 0 N–H and O–H groups in total. The van der Waals surface area contributed by atoms with Crippen LogP contribution in [0.4, 0.5) is 0 Å². The molecule has 4 heterocycles. The first-order chi connectivity index (χ1) is 15.8. The van der Waals surface area contributed by atoms with Crippen LogP contribution in [-0.4, -0.2) is 14.4 Å². The van der Waals surface area contributed by atoms with Crippen LogP contribution in [0.15, 0.2) is 97.6 Å². The van der Waals surface area contributed by atoms with Gasteiger partial charge in [0.1, 0.15) is 0 Å². The van der Waals surface area contributed by atoms with Crippen LogP contribution < -0.4 is 0 Å². The lowest BCUT2D eigenvalue weighted by molar-refractivity contribution is 1.27. The molecule has 0 bridgehead atoms. The average molecular weight is 409 g/mol. The van der Waals surface area contributed by atoms with E-state index in [0.29, 0.717) is 0 Å². The third-order valence-corrected chi connectivity index (χ3v) is 6.69. The van der Waals surface area contributed by atoms with E-state index in [2.05, 4.69) is 94.1 Å². The molecule has 7 rings (SSSR count). The summed E-state index contributed by atoms with van der Waals surface area (Å²) in [6, 6.07) is 25.8. The van der Waals surface area contributed by atoms with E-state index in [1.165, 1.54) is 54.9 Å².